The van der Waals surface area contributed by atoms with Gasteiger partial charge in [0.05, 0.1) is 18.4 Å². The van der Waals surface area contributed by atoms with Gasteiger partial charge >= 0.3 is 0 Å². The van der Waals surface area contributed by atoms with Crippen LogP contribution in [0.25, 0.3) is 0 Å². The van der Waals surface area contributed by atoms with Crippen LogP contribution in [0, 0.1) is 6.92 Å². The third-order valence-electron chi connectivity index (χ3n) is 3.35. The first-order valence-electron chi connectivity index (χ1n) is 8.59. The van der Waals surface area contributed by atoms with Crippen molar-refractivity contribution in [3.05, 3.63) is 54.4 Å². The summed E-state index contributed by atoms with van der Waals surface area (Å²) in [5, 5.41) is 8.99. The molecule has 1 amide bonds. The second-order valence-corrected chi connectivity index (χ2v) is 5.57. The zero-order chi connectivity index (χ0) is 18.6. The summed E-state index contributed by atoms with van der Waals surface area (Å²) in [6.45, 7) is 5.79. The zero-order valence-electron chi connectivity index (χ0n) is 15.2. The van der Waals surface area contributed by atoms with Crippen LogP contribution in [-0.2, 0) is 4.79 Å². The molecule has 0 aliphatic heterocycles. The van der Waals surface area contributed by atoms with Crippen molar-refractivity contribution in [1.82, 2.24) is 15.6 Å². The number of aromatic nitrogens is 1. The SMILES string of the molecule is CCNC(=NCC(=O)Nc1cccnc1)NCCOc1ccc(C)cc1. The van der Waals surface area contributed by atoms with E-state index in [0.717, 1.165) is 5.75 Å². The lowest BCUT2D eigenvalue weighted by atomic mass is 10.2. The fourth-order valence-electron chi connectivity index (χ4n) is 2.10. The Labute approximate surface area is 153 Å². The summed E-state index contributed by atoms with van der Waals surface area (Å²) in [4.78, 5) is 20.2. The number of pyridine rings is 1. The third kappa shape index (κ3) is 7.21. The van der Waals surface area contributed by atoms with Crippen molar-refractivity contribution in [3.63, 3.8) is 0 Å². The molecule has 7 nitrogen and oxygen atoms in total. The summed E-state index contributed by atoms with van der Waals surface area (Å²) < 4.78 is 5.66. The number of benzene rings is 1. The predicted molar refractivity (Wildman–Crippen MR) is 104 cm³/mol. The highest BCUT2D eigenvalue weighted by molar-refractivity contribution is 5.93. The molecule has 0 aliphatic carbocycles. The van der Waals surface area contributed by atoms with E-state index in [-0.39, 0.29) is 12.5 Å². The second-order valence-electron chi connectivity index (χ2n) is 5.57. The molecule has 0 atom stereocenters. The minimum Gasteiger partial charge on any atom is -0.492 e. The van der Waals surface area contributed by atoms with Gasteiger partial charge in [-0.25, -0.2) is 4.99 Å². The van der Waals surface area contributed by atoms with Crippen molar-refractivity contribution in [3.8, 4) is 5.75 Å². The Morgan fingerprint density at radius 3 is 2.69 bits per heavy atom. The van der Waals surface area contributed by atoms with E-state index >= 15 is 0 Å². The van der Waals surface area contributed by atoms with E-state index in [1.54, 1.807) is 24.5 Å². The molecule has 2 rings (SSSR count). The average molecular weight is 355 g/mol. The number of ether oxygens (including phenoxy) is 1. The molecule has 26 heavy (non-hydrogen) atoms. The quantitative estimate of drug-likeness (QED) is 0.383. The Morgan fingerprint density at radius 1 is 1.19 bits per heavy atom. The number of hydrogen-bond donors (Lipinski definition) is 3. The lowest BCUT2D eigenvalue weighted by Crippen LogP contribution is -2.40. The molecule has 2 aromatic rings. The second kappa shape index (κ2) is 10.7. The van der Waals surface area contributed by atoms with Crippen LogP contribution in [0.4, 0.5) is 5.69 Å². The molecule has 0 spiro atoms. The normalized spacial score (nSPS) is 10.9. The van der Waals surface area contributed by atoms with Crippen LogP contribution in [-0.4, -0.2) is 43.1 Å². The van der Waals surface area contributed by atoms with Crippen LogP contribution < -0.4 is 20.7 Å². The van der Waals surface area contributed by atoms with E-state index in [0.29, 0.717) is 31.3 Å². The van der Waals surface area contributed by atoms with Crippen LogP contribution in [0.5, 0.6) is 5.75 Å². The zero-order valence-corrected chi connectivity index (χ0v) is 15.2. The molecule has 138 valence electrons. The summed E-state index contributed by atoms with van der Waals surface area (Å²) in [7, 11) is 0. The number of guanidine groups is 1. The molecule has 7 heteroatoms. The number of nitrogens with zero attached hydrogens (tertiary/aromatic N) is 2. The van der Waals surface area contributed by atoms with Crippen LogP contribution >= 0.6 is 0 Å². The van der Waals surface area contributed by atoms with E-state index in [4.69, 9.17) is 4.74 Å². The molecule has 0 fully saturated rings. The van der Waals surface area contributed by atoms with E-state index in [1.807, 2.05) is 38.1 Å². The minimum absolute atomic E-state index is 0.0169. The van der Waals surface area contributed by atoms with Gasteiger partial charge in [0.25, 0.3) is 0 Å². The summed E-state index contributed by atoms with van der Waals surface area (Å²) >= 11 is 0. The van der Waals surface area contributed by atoms with Crippen LogP contribution in [0.2, 0.25) is 0 Å². The van der Waals surface area contributed by atoms with Crippen molar-refractivity contribution in [2.45, 2.75) is 13.8 Å². The predicted octanol–water partition coefficient (Wildman–Crippen LogP) is 1.96. The van der Waals surface area contributed by atoms with Crippen molar-refractivity contribution in [2.75, 3.05) is 31.6 Å². The maximum Gasteiger partial charge on any atom is 0.246 e. The molecule has 0 aliphatic rings. The molecule has 0 saturated heterocycles. The number of anilines is 1. The topological polar surface area (TPSA) is 87.6 Å². The van der Waals surface area contributed by atoms with E-state index in [1.165, 1.54) is 5.56 Å². The smallest absolute Gasteiger partial charge is 0.246 e. The first kappa shape index (κ1) is 19.2. The summed E-state index contributed by atoms with van der Waals surface area (Å²) in [6, 6.07) is 11.4. The largest absolute Gasteiger partial charge is 0.492 e. The van der Waals surface area contributed by atoms with Gasteiger partial charge in [-0.2, -0.15) is 0 Å². The standard InChI is InChI=1S/C19H25N5O2/c1-3-21-19(22-11-12-26-17-8-6-15(2)7-9-17)23-14-18(25)24-16-5-4-10-20-13-16/h4-10,13H,3,11-12,14H2,1-2H3,(H,24,25)(H2,21,22,23). The Hall–Kier alpha value is -3.09. The highest BCUT2D eigenvalue weighted by atomic mass is 16.5. The van der Waals surface area contributed by atoms with Crippen molar-refractivity contribution in [1.29, 1.82) is 0 Å². The summed E-state index contributed by atoms with van der Waals surface area (Å²) in [6.07, 6.45) is 3.24. The lowest BCUT2D eigenvalue weighted by molar-refractivity contribution is -0.114. The molecule has 0 radical (unpaired) electrons. The molecule has 0 unspecified atom stereocenters. The number of hydrogen-bond acceptors (Lipinski definition) is 4. The van der Waals surface area contributed by atoms with Gasteiger partial charge in [-0.1, -0.05) is 17.7 Å². The van der Waals surface area contributed by atoms with E-state index in [9.17, 15) is 4.79 Å². The van der Waals surface area contributed by atoms with Gasteiger partial charge in [0.15, 0.2) is 5.96 Å². The average Bonchev–Trinajstić information content (AvgIpc) is 2.65. The summed E-state index contributed by atoms with van der Waals surface area (Å²) in [5.74, 6) is 1.20. The molecule has 1 heterocycles. The highest BCUT2D eigenvalue weighted by Crippen LogP contribution is 2.10. The Morgan fingerprint density at radius 2 is 2.00 bits per heavy atom. The number of amides is 1. The monoisotopic (exact) mass is 355 g/mol. The molecule has 1 aromatic heterocycles. The maximum absolute atomic E-state index is 11.9. The fourth-order valence-corrected chi connectivity index (χ4v) is 2.10. The number of rotatable bonds is 8. The van der Waals surface area contributed by atoms with Crippen LogP contribution in [0.15, 0.2) is 53.8 Å². The number of aryl methyl sites for hydroxylation is 1. The van der Waals surface area contributed by atoms with Crippen molar-refractivity contribution >= 4 is 17.6 Å². The van der Waals surface area contributed by atoms with Gasteiger partial charge in [0.1, 0.15) is 18.9 Å². The Kier molecular flexibility index (Phi) is 7.92. The Bertz CT molecular complexity index is 702. The first-order chi connectivity index (χ1) is 12.7. The molecule has 0 bridgehead atoms. The number of carbonyl (C=O) groups is 1. The van der Waals surface area contributed by atoms with Crippen LogP contribution in [0.3, 0.4) is 0 Å². The van der Waals surface area contributed by atoms with Gasteiger partial charge in [-0.3, -0.25) is 9.78 Å². The number of nitrogens with one attached hydrogen (secondary N) is 3. The van der Waals surface area contributed by atoms with Gasteiger partial charge < -0.3 is 20.7 Å². The molecule has 3 N–H and O–H groups in total. The maximum atomic E-state index is 11.9. The van der Waals surface area contributed by atoms with E-state index in [2.05, 4.69) is 25.9 Å². The molecular weight excluding hydrogens is 330 g/mol. The fraction of sp³-hybridized carbons (Fsp3) is 0.316. The third-order valence-corrected chi connectivity index (χ3v) is 3.35. The number of aliphatic imine (C=N–C) groups is 1. The van der Waals surface area contributed by atoms with Gasteiger partial charge in [0.2, 0.25) is 5.91 Å². The van der Waals surface area contributed by atoms with Crippen molar-refractivity contribution in [2.24, 2.45) is 4.99 Å². The number of carbonyl (C=O) groups excluding carboxylic acids is 1. The Balaban J connectivity index is 1.74. The molecule has 1 aromatic carbocycles. The highest BCUT2D eigenvalue weighted by Gasteiger charge is 2.03. The molecular formula is C19H25N5O2. The van der Waals surface area contributed by atoms with Gasteiger partial charge in [0, 0.05) is 12.7 Å². The summed E-state index contributed by atoms with van der Waals surface area (Å²) in [5.41, 5.74) is 1.85. The van der Waals surface area contributed by atoms with Crippen molar-refractivity contribution < 1.29 is 9.53 Å². The molecule has 0 saturated carbocycles. The van der Waals surface area contributed by atoms with Gasteiger partial charge in [-0.15, -0.1) is 0 Å². The van der Waals surface area contributed by atoms with Gasteiger partial charge in [-0.05, 0) is 38.1 Å². The lowest BCUT2D eigenvalue weighted by Gasteiger charge is -2.12. The minimum atomic E-state index is -0.203. The van der Waals surface area contributed by atoms with Crippen LogP contribution in [0.1, 0.15) is 12.5 Å². The first-order valence-corrected chi connectivity index (χ1v) is 8.59. The van der Waals surface area contributed by atoms with E-state index < -0.39 is 0 Å².